The SMILES string of the molecule is CC(C)(C)N1CCCCC1.CC(C)(C)NC(C)(C)C.CC(C)(C)NC1CC1.CC(C)(C)NC1CCC1.CC(C)(C)Nc1ccc(-c2ccccc2)cc1.CC(C)(C)Nc1ccc(C(F)(F)F)cc1. The van der Waals surface area contributed by atoms with Crippen LogP contribution in [0.4, 0.5) is 24.5 Å². The monoisotopic (exact) mass is 953 g/mol. The molecule has 0 bridgehead atoms. The van der Waals surface area contributed by atoms with Gasteiger partial charge in [-0.25, -0.2) is 0 Å². The zero-order chi connectivity index (χ0) is 52.4. The Morgan fingerprint density at radius 2 is 0.765 bits per heavy atom. The van der Waals surface area contributed by atoms with Gasteiger partial charge in [0.15, 0.2) is 0 Å². The van der Waals surface area contributed by atoms with Gasteiger partial charge in [0.05, 0.1) is 5.56 Å². The molecular weight excluding hydrogens is 850 g/mol. The lowest BCUT2D eigenvalue weighted by Gasteiger charge is -2.38. The molecule has 2 aliphatic carbocycles. The average molecular weight is 954 g/mol. The van der Waals surface area contributed by atoms with Gasteiger partial charge in [-0.1, -0.05) is 55.3 Å². The summed E-state index contributed by atoms with van der Waals surface area (Å²) in [5.74, 6) is 0. The second-order valence-corrected chi connectivity index (χ2v) is 26.3. The average Bonchev–Trinajstić information content (AvgIpc) is 3.95. The van der Waals surface area contributed by atoms with Crippen molar-refractivity contribution in [2.75, 3.05) is 23.7 Å². The molecule has 5 N–H and O–H groups in total. The predicted octanol–water partition coefficient (Wildman–Crippen LogP) is 16.4. The Balaban J connectivity index is 0.000000418. The van der Waals surface area contributed by atoms with Crippen LogP contribution in [0.2, 0.25) is 0 Å². The smallest absolute Gasteiger partial charge is 0.380 e. The number of hydrogen-bond donors (Lipinski definition) is 5. The van der Waals surface area contributed by atoms with Crippen molar-refractivity contribution in [1.82, 2.24) is 20.9 Å². The molecule has 3 fully saturated rings. The van der Waals surface area contributed by atoms with Crippen molar-refractivity contribution in [2.45, 2.75) is 254 Å². The van der Waals surface area contributed by atoms with E-state index in [-0.39, 0.29) is 22.2 Å². The van der Waals surface area contributed by atoms with Gasteiger partial charge in [-0.3, -0.25) is 4.90 Å². The summed E-state index contributed by atoms with van der Waals surface area (Å²) < 4.78 is 36.7. The third-order valence-electron chi connectivity index (χ3n) is 10.3. The summed E-state index contributed by atoms with van der Waals surface area (Å²) in [7, 11) is 0. The second-order valence-electron chi connectivity index (χ2n) is 26.3. The number of rotatable bonds is 5. The van der Waals surface area contributed by atoms with E-state index in [0.717, 1.165) is 29.9 Å². The van der Waals surface area contributed by atoms with E-state index in [1.165, 1.54) is 87.7 Å². The molecule has 9 heteroatoms. The van der Waals surface area contributed by atoms with Gasteiger partial charge in [-0.05, 0) is 245 Å². The third-order valence-corrected chi connectivity index (χ3v) is 10.3. The van der Waals surface area contributed by atoms with E-state index in [2.05, 4.69) is 205 Å². The summed E-state index contributed by atoms with van der Waals surface area (Å²) in [6, 6.07) is 25.7. The van der Waals surface area contributed by atoms with Gasteiger partial charge in [-0.2, -0.15) is 13.2 Å². The topological polar surface area (TPSA) is 63.4 Å². The molecule has 3 aromatic carbocycles. The van der Waals surface area contributed by atoms with Crippen LogP contribution < -0.4 is 26.6 Å². The highest BCUT2D eigenvalue weighted by Crippen LogP contribution is 2.30. The zero-order valence-corrected chi connectivity index (χ0v) is 47.3. The highest BCUT2D eigenvalue weighted by atomic mass is 19.4. The Labute approximate surface area is 417 Å². The maximum atomic E-state index is 12.2. The number of nitrogens with zero attached hydrogens (tertiary/aromatic N) is 1. The van der Waals surface area contributed by atoms with Gasteiger partial charge >= 0.3 is 6.18 Å². The van der Waals surface area contributed by atoms with Crippen LogP contribution in [-0.4, -0.2) is 68.8 Å². The first-order chi connectivity index (χ1) is 30.7. The van der Waals surface area contributed by atoms with E-state index in [1.54, 1.807) is 0 Å². The number of alkyl halides is 3. The number of halogens is 3. The molecule has 1 heterocycles. The molecule has 3 aliphatic rings. The summed E-state index contributed by atoms with van der Waals surface area (Å²) >= 11 is 0. The van der Waals surface area contributed by atoms with Gasteiger partial charge in [0.2, 0.25) is 0 Å². The maximum absolute atomic E-state index is 12.2. The fourth-order valence-corrected chi connectivity index (χ4v) is 7.68. The van der Waals surface area contributed by atoms with Gasteiger partial charge in [0.1, 0.15) is 0 Å². The van der Waals surface area contributed by atoms with Crippen molar-refractivity contribution in [2.24, 2.45) is 0 Å². The number of anilines is 2. The highest BCUT2D eigenvalue weighted by molar-refractivity contribution is 5.66. The summed E-state index contributed by atoms with van der Waals surface area (Å²) in [6.07, 6.45) is 6.94. The van der Waals surface area contributed by atoms with Crippen LogP contribution in [0.25, 0.3) is 11.1 Å². The largest absolute Gasteiger partial charge is 0.416 e. The molecule has 0 spiro atoms. The molecule has 0 radical (unpaired) electrons. The minimum atomic E-state index is -4.26. The fourth-order valence-electron chi connectivity index (χ4n) is 7.68. The first kappa shape index (κ1) is 62.9. The molecule has 1 saturated heterocycles. The molecule has 6 nitrogen and oxygen atoms in total. The van der Waals surface area contributed by atoms with Crippen molar-refractivity contribution >= 4 is 11.4 Å². The molecule has 6 rings (SSSR count). The van der Waals surface area contributed by atoms with Gasteiger partial charge in [0.25, 0.3) is 0 Å². The molecule has 390 valence electrons. The van der Waals surface area contributed by atoms with Crippen molar-refractivity contribution < 1.29 is 13.2 Å². The summed E-state index contributed by atoms with van der Waals surface area (Å²) in [4.78, 5) is 2.58. The van der Waals surface area contributed by atoms with E-state index in [1.807, 2.05) is 26.8 Å². The summed E-state index contributed by atoms with van der Waals surface area (Å²) in [6.45, 7) is 48.3. The molecule has 3 aromatic rings. The zero-order valence-electron chi connectivity index (χ0n) is 47.3. The molecular formula is C59H103F3N6. The van der Waals surface area contributed by atoms with Crippen LogP contribution in [0.15, 0.2) is 78.9 Å². The Hall–Kier alpha value is -3.11. The van der Waals surface area contributed by atoms with Gasteiger partial charge in [0, 0.05) is 62.2 Å². The standard InChI is InChI=1S/C16H19N.C11H14F3N.C9H19N.C8H17N.C8H19N.C7H15N/c1-16(2,3)17-15-11-9-14(10-12-15)13-7-5-4-6-8-13;1-10(2,3)15-9-6-4-8(5-7-9)11(12,13)14;1-9(2,3)10-7-5-4-6-8-10;1-8(2,3)9-7-5-4-6-7;1-7(2,3)9-8(4,5)6;1-7(2,3)8-6-4-5-6/h4-12,17H,1-3H3;4-7,15H,1-3H3;4-8H2,1-3H3;7,9H,4-6H2,1-3H3;9H,1-6H3;6,8H,4-5H2,1-3H3. The van der Waals surface area contributed by atoms with Gasteiger partial charge < -0.3 is 26.6 Å². The first-order valence-electron chi connectivity index (χ1n) is 25.7. The van der Waals surface area contributed by atoms with Crippen LogP contribution in [0.3, 0.4) is 0 Å². The Bertz CT molecular complexity index is 1750. The third kappa shape index (κ3) is 34.2. The molecule has 0 aromatic heterocycles. The summed E-state index contributed by atoms with van der Waals surface area (Å²) in [5, 5.41) is 17.1. The van der Waals surface area contributed by atoms with E-state index < -0.39 is 11.7 Å². The van der Waals surface area contributed by atoms with Crippen LogP contribution in [0.5, 0.6) is 0 Å². The fraction of sp³-hybridized carbons (Fsp3) is 0.695. The van der Waals surface area contributed by atoms with E-state index in [9.17, 15) is 13.2 Å². The predicted molar refractivity (Wildman–Crippen MR) is 294 cm³/mol. The molecule has 1 aliphatic heterocycles. The number of piperidine rings is 1. The van der Waals surface area contributed by atoms with Crippen molar-refractivity contribution in [3.8, 4) is 11.1 Å². The Kier molecular flexibility index (Phi) is 24.9. The minimum Gasteiger partial charge on any atom is -0.380 e. The number of hydrogen-bond acceptors (Lipinski definition) is 6. The van der Waals surface area contributed by atoms with Crippen LogP contribution in [-0.2, 0) is 6.18 Å². The van der Waals surface area contributed by atoms with Crippen LogP contribution >= 0.6 is 0 Å². The van der Waals surface area contributed by atoms with Crippen LogP contribution in [0, 0.1) is 0 Å². The van der Waals surface area contributed by atoms with Crippen LogP contribution in [0.1, 0.15) is 202 Å². The lowest BCUT2D eigenvalue weighted by Crippen LogP contribution is -2.48. The minimum absolute atomic E-state index is 0.105. The van der Waals surface area contributed by atoms with Crippen molar-refractivity contribution in [1.29, 1.82) is 0 Å². The first-order valence-corrected chi connectivity index (χ1v) is 25.7. The molecule has 68 heavy (non-hydrogen) atoms. The number of nitrogens with one attached hydrogen (secondary N) is 5. The van der Waals surface area contributed by atoms with E-state index in [4.69, 9.17) is 0 Å². The second kappa shape index (κ2) is 26.9. The Morgan fingerprint density at radius 1 is 0.397 bits per heavy atom. The number of benzene rings is 3. The van der Waals surface area contributed by atoms with Gasteiger partial charge in [-0.15, -0.1) is 0 Å². The normalized spacial score (nSPS) is 16.2. The van der Waals surface area contributed by atoms with Crippen molar-refractivity contribution in [3.05, 3.63) is 84.4 Å². The molecule has 0 unspecified atom stereocenters. The molecule has 0 amide bonds. The van der Waals surface area contributed by atoms with Crippen molar-refractivity contribution in [3.63, 3.8) is 0 Å². The Morgan fingerprint density at radius 3 is 1.01 bits per heavy atom. The lowest BCUT2D eigenvalue weighted by molar-refractivity contribution is -0.137. The number of likely N-dealkylation sites (tertiary alicyclic amines) is 1. The maximum Gasteiger partial charge on any atom is 0.416 e. The van der Waals surface area contributed by atoms with E-state index >= 15 is 0 Å². The van der Waals surface area contributed by atoms with E-state index in [0.29, 0.717) is 22.3 Å². The summed E-state index contributed by atoms with van der Waals surface area (Å²) in [5.41, 5.74) is 5.23. The highest BCUT2D eigenvalue weighted by Gasteiger charge is 2.30. The quantitative estimate of drug-likeness (QED) is 0.176. The lowest BCUT2D eigenvalue weighted by atomic mass is 9.91. The molecule has 2 saturated carbocycles. The molecule has 0 atom stereocenters.